The molecule has 2 aromatic carbocycles. The van der Waals surface area contributed by atoms with E-state index >= 15 is 0 Å². The van der Waals surface area contributed by atoms with E-state index < -0.39 is 0 Å². The second kappa shape index (κ2) is 5.13. The molecule has 0 fully saturated rings. The van der Waals surface area contributed by atoms with Crippen LogP contribution in [0.25, 0.3) is 0 Å². The molecule has 1 unspecified atom stereocenters. The average molecular weight is 320 g/mol. The predicted molar refractivity (Wildman–Crippen MR) is 88.5 cm³/mol. The van der Waals surface area contributed by atoms with Crippen molar-refractivity contribution in [1.82, 2.24) is 9.66 Å². The van der Waals surface area contributed by atoms with Gasteiger partial charge in [-0.15, -0.1) is 0 Å². The summed E-state index contributed by atoms with van der Waals surface area (Å²) in [7, 11) is 0. The standard InChI is InChI=1S/C18H16N4O2/c1-10-7-12(23)8-13-14(10)15(11-5-3-2-4-6-11)16-17(19)22(20)9-21-18(16)24-13/h2-9,15,19,23H,20H2,1H3. The molecule has 1 aliphatic heterocycles. The largest absolute Gasteiger partial charge is 0.508 e. The minimum absolute atomic E-state index is 0.137. The van der Waals surface area contributed by atoms with Gasteiger partial charge in [-0.2, -0.15) is 0 Å². The summed E-state index contributed by atoms with van der Waals surface area (Å²) in [5.74, 6) is 6.63. The van der Waals surface area contributed by atoms with Crippen LogP contribution in [-0.2, 0) is 0 Å². The molecule has 3 aromatic rings. The number of aromatic hydroxyl groups is 1. The van der Waals surface area contributed by atoms with Crippen LogP contribution >= 0.6 is 0 Å². The van der Waals surface area contributed by atoms with Gasteiger partial charge in [0.2, 0.25) is 5.88 Å². The summed E-state index contributed by atoms with van der Waals surface area (Å²) < 4.78 is 7.05. The lowest BCUT2D eigenvalue weighted by molar-refractivity contribution is 0.416. The zero-order chi connectivity index (χ0) is 16.8. The first kappa shape index (κ1) is 14.3. The summed E-state index contributed by atoms with van der Waals surface area (Å²) in [4.78, 5) is 4.23. The zero-order valence-electron chi connectivity index (χ0n) is 13.0. The summed E-state index contributed by atoms with van der Waals surface area (Å²) >= 11 is 0. The van der Waals surface area contributed by atoms with Gasteiger partial charge in [0.25, 0.3) is 0 Å². The fraction of sp³-hybridized carbons (Fsp3) is 0.111. The first-order valence-electron chi connectivity index (χ1n) is 7.54. The van der Waals surface area contributed by atoms with E-state index in [0.29, 0.717) is 17.2 Å². The molecule has 4 rings (SSSR count). The van der Waals surface area contributed by atoms with Crippen molar-refractivity contribution in [3.63, 3.8) is 0 Å². The van der Waals surface area contributed by atoms with Gasteiger partial charge in [0.05, 0.1) is 5.56 Å². The summed E-state index contributed by atoms with van der Waals surface area (Å²) in [6.45, 7) is 1.92. The Labute approximate surface area is 138 Å². The highest BCUT2D eigenvalue weighted by molar-refractivity contribution is 5.60. The second-order valence-corrected chi connectivity index (χ2v) is 5.84. The van der Waals surface area contributed by atoms with Gasteiger partial charge < -0.3 is 15.7 Å². The van der Waals surface area contributed by atoms with E-state index in [9.17, 15) is 5.11 Å². The van der Waals surface area contributed by atoms with Crippen LogP contribution in [0.4, 0.5) is 0 Å². The lowest BCUT2D eigenvalue weighted by atomic mass is 9.82. The molecule has 0 radical (unpaired) electrons. The fourth-order valence-corrected chi connectivity index (χ4v) is 3.25. The van der Waals surface area contributed by atoms with Crippen LogP contribution in [0.15, 0.2) is 48.8 Å². The predicted octanol–water partition coefficient (Wildman–Crippen LogP) is 2.38. The SMILES string of the molecule is Cc1cc(O)cc2c1C(c1ccccc1)c1c(ncn(N)c1=N)O2. The smallest absolute Gasteiger partial charge is 0.228 e. The van der Waals surface area contributed by atoms with E-state index in [2.05, 4.69) is 4.98 Å². The Hall–Kier alpha value is -3.28. The molecule has 0 aliphatic carbocycles. The minimum Gasteiger partial charge on any atom is -0.508 e. The van der Waals surface area contributed by atoms with Crippen molar-refractivity contribution in [2.24, 2.45) is 0 Å². The van der Waals surface area contributed by atoms with Gasteiger partial charge in [-0.05, 0) is 24.1 Å². The number of hydrogen-bond acceptors (Lipinski definition) is 5. The number of phenols is 1. The number of hydrogen-bond donors (Lipinski definition) is 3. The first-order valence-corrected chi connectivity index (χ1v) is 7.54. The topological polar surface area (TPSA) is 97.2 Å². The maximum absolute atomic E-state index is 9.91. The number of ether oxygens (including phenoxy) is 1. The van der Waals surface area contributed by atoms with Gasteiger partial charge in [-0.3, -0.25) is 5.41 Å². The van der Waals surface area contributed by atoms with Crippen LogP contribution < -0.4 is 16.1 Å². The molecule has 0 amide bonds. The van der Waals surface area contributed by atoms with Gasteiger partial charge in [0, 0.05) is 17.5 Å². The maximum Gasteiger partial charge on any atom is 0.228 e. The number of phenolic OH excluding ortho intramolecular Hbond substituents is 1. The second-order valence-electron chi connectivity index (χ2n) is 5.84. The van der Waals surface area contributed by atoms with Crippen molar-refractivity contribution in [2.45, 2.75) is 12.8 Å². The van der Waals surface area contributed by atoms with Crippen molar-refractivity contribution in [2.75, 3.05) is 5.84 Å². The molecule has 6 heteroatoms. The van der Waals surface area contributed by atoms with E-state index in [1.807, 2.05) is 37.3 Å². The molecule has 6 nitrogen and oxygen atoms in total. The number of nitrogens with two attached hydrogens (primary N) is 1. The molecule has 0 bridgehead atoms. The molecule has 0 saturated heterocycles. The normalized spacial score (nSPS) is 15.3. The van der Waals surface area contributed by atoms with Gasteiger partial charge in [0.1, 0.15) is 17.8 Å². The number of nitrogen functional groups attached to an aromatic ring is 1. The van der Waals surface area contributed by atoms with E-state index in [1.165, 1.54) is 11.0 Å². The molecule has 120 valence electrons. The van der Waals surface area contributed by atoms with Crippen LogP contribution in [-0.4, -0.2) is 14.8 Å². The maximum atomic E-state index is 9.91. The van der Waals surface area contributed by atoms with E-state index in [0.717, 1.165) is 16.7 Å². The molecule has 4 N–H and O–H groups in total. The number of fused-ring (bicyclic) bond motifs is 2. The van der Waals surface area contributed by atoms with Gasteiger partial charge in [0.15, 0.2) is 5.49 Å². The van der Waals surface area contributed by atoms with Crippen LogP contribution in [0.2, 0.25) is 0 Å². The molecular formula is C18H16N4O2. The van der Waals surface area contributed by atoms with Gasteiger partial charge >= 0.3 is 0 Å². The summed E-state index contributed by atoms with van der Waals surface area (Å²) in [6, 6.07) is 13.1. The van der Waals surface area contributed by atoms with Crippen LogP contribution in [0, 0.1) is 12.3 Å². The van der Waals surface area contributed by atoms with Crippen molar-refractivity contribution < 1.29 is 9.84 Å². The highest BCUT2D eigenvalue weighted by atomic mass is 16.5. The number of benzene rings is 2. The lowest BCUT2D eigenvalue weighted by Gasteiger charge is -2.29. The van der Waals surface area contributed by atoms with E-state index in [4.69, 9.17) is 16.0 Å². The molecule has 1 atom stereocenters. The van der Waals surface area contributed by atoms with Crippen LogP contribution in [0.3, 0.4) is 0 Å². The Morgan fingerprint density at radius 3 is 2.71 bits per heavy atom. The Morgan fingerprint density at radius 1 is 1.21 bits per heavy atom. The molecule has 24 heavy (non-hydrogen) atoms. The van der Waals surface area contributed by atoms with Gasteiger partial charge in [-0.1, -0.05) is 30.3 Å². The number of nitrogens with one attached hydrogen (secondary N) is 1. The highest BCUT2D eigenvalue weighted by Gasteiger charge is 2.33. The number of rotatable bonds is 1. The first-order chi connectivity index (χ1) is 11.6. The Morgan fingerprint density at radius 2 is 1.96 bits per heavy atom. The van der Waals surface area contributed by atoms with Crippen molar-refractivity contribution in [3.05, 3.63) is 76.5 Å². The number of aryl methyl sites for hydroxylation is 1. The summed E-state index contributed by atoms with van der Waals surface area (Å²) in [5.41, 5.74) is 3.57. The minimum atomic E-state index is -0.235. The average Bonchev–Trinajstić information content (AvgIpc) is 2.57. The van der Waals surface area contributed by atoms with E-state index in [1.54, 1.807) is 12.1 Å². The third-order valence-electron chi connectivity index (χ3n) is 4.29. The van der Waals surface area contributed by atoms with E-state index in [-0.39, 0.29) is 17.2 Å². The lowest BCUT2D eigenvalue weighted by Crippen LogP contribution is -2.34. The molecule has 0 saturated carbocycles. The third kappa shape index (κ3) is 2.04. The summed E-state index contributed by atoms with van der Waals surface area (Å²) in [6.07, 6.45) is 1.35. The molecular weight excluding hydrogens is 304 g/mol. The van der Waals surface area contributed by atoms with Crippen molar-refractivity contribution in [3.8, 4) is 17.4 Å². The fourth-order valence-electron chi connectivity index (χ4n) is 3.25. The van der Waals surface area contributed by atoms with Gasteiger partial charge in [-0.25, -0.2) is 9.66 Å². The molecule has 1 aromatic heterocycles. The molecule has 1 aliphatic rings. The zero-order valence-corrected chi connectivity index (χ0v) is 13.0. The van der Waals surface area contributed by atoms with Crippen molar-refractivity contribution in [1.29, 1.82) is 5.41 Å². The Bertz CT molecular complexity index is 996. The Balaban J connectivity index is 2.08. The molecule has 0 spiro atoms. The third-order valence-corrected chi connectivity index (χ3v) is 4.29. The number of nitrogens with zero attached hydrogens (tertiary/aromatic N) is 2. The monoisotopic (exact) mass is 320 g/mol. The van der Waals surface area contributed by atoms with Crippen LogP contribution in [0.1, 0.15) is 28.2 Å². The highest BCUT2D eigenvalue weighted by Crippen LogP contribution is 2.47. The quantitative estimate of drug-likeness (QED) is 0.469. The summed E-state index contributed by atoms with van der Waals surface area (Å²) in [5, 5.41) is 18.3. The van der Waals surface area contributed by atoms with Crippen molar-refractivity contribution >= 4 is 0 Å². The Kier molecular flexibility index (Phi) is 3.06. The number of aromatic nitrogens is 2. The van der Waals surface area contributed by atoms with Crippen LogP contribution in [0.5, 0.6) is 17.4 Å². The molecule has 2 heterocycles.